The first kappa shape index (κ1) is 30.8. The molecule has 0 saturated carbocycles. The fourth-order valence-corrected chi connectivity index (χ4v) is 5.73. The van der Waals surface area contributed by atoms with Crippen LogP contribution in [0.2, 0.25) is 0 Å². The summed E-state index contributed by atoms with van der Waals surface area (Å²) < 4.78 is 37.5. The number of sulfonamides is 1. The van der Waals surface area contributed by atoms with Crippen molar-refractivity contribution < 1.29 is 47.7 Å². The van der Waals surface area contributed by atoms with Gasteiger partial charge in [-0.25, -0.2) is 8.42 Å². The van der Waals surface area contributed by atoms with Crippen molar-refractivity contribution in [3.63, 3.8) is 0 Å². The van der Waals surface area contributed by atoms with E-state index in [9.17, 15) is 42.9 Å². The van der Waals surface area contributed by atoms with Crippen molar-refractivity contribution in [3.8, 4) is 17.0 Å². The predicted molar refractivity (Wildman–Crippen MR) is 143 cm³/mol. The summed E-state index contributed by atoms with van der Waals surface area (Å²) in [5.41, 5.74) is 1.18. The summed E-state index contributed by atoms with van der Waals surface area (Å²) in [6, 6.07) is 15.3. The van der Waals surface area contributed by atoms with Crippen LogP contribution in [0.4, 0.5) is 5.69 Å². The number of benzene rings is 3. The zero-order valence-electron chi connectivity index (χ0n) is 21.8. The summed E-state index contributed by atoms with van der Waals surface area (Å²) >= 11 is 1.17. The van der Waals surface area contributed by atoms with E-state index in [0.29, 0.717) is 11.3 Å². The van der Waals surface area contributed by atoms with Crippen LogP contribution in [0.25, 0.3) is 11.3 Å². The molecule has 0 bridgehead atoms. The Hall–Kier alpha value is -5.19. The van der Waals surface area contributed by atoms with Gasteiger partial charge in [0, 0.05) is 29.6 Å². The number of nitrogens with zero attached hydrogens (tertiary/aromatic N) is 3. The summed E-state index contributed by atoms with van der Waals surface area (Å²) in [7, 11) is -4.26. The minimum absolute atomic E-state index is 0.0922. The summed E-state index contributed by atoms with van der Waals surface area (Å²) in [5, 5.41) is 40.8. The largest absolute Gasteiger partial charge is 0.546 e. The van der Waals surface area contributed by atoms with Gasteiger partial charge in [-0.1, -0.05) is 34.8 Å². The lowest BCUT2D eigenvalue weighted by Gasteiger charge is -2.24. The van der Waals surface area contributed by atoms with Crippen LogP contribution in [-0.2, 0) is 37.5 Å². The van der Waals surface area contributed by atoms with Crippen LogP contribution in [0.5, 0.6) is 5.75 Å². The van der Waals surface area contributed by atoms with E-state index >= 15 is 0 Å². The molecule has 0 atom stereocenters. The highest BCUT2D eigenvalue weighted by molar-refractivity contribution is 7.89. The molecule has 0 radical (unpaired) electrons. The first-order valence-corrected chi connectivity index (χ1v) is 14.4. The van der Waals surface area contributed by atoms with E-state index in [1.807, 2.05) is 5.32 Å². The molecule has 222 valence electrons. The molecule has 0 spiro atoms. The van der Waals surface area contributed by atoms with E-state index in [4.69, 9.17) is 4.74 Å². The number of rotatable bonds is 12. The fourth-order valence-electron chi connectivity index (χ4n) is 3.84. The van der Waals surface area contributed by atoms with Gasteiger partial charge in [-0.15, -0.1) is 5.10 Å². The first-order valence-electron chi connectivity index (χ1n) is 12.1. The van der Waals surface area contributed by atoms with E-state index in [0.717, 1.165) is 22.0 Å². The minimum Gasteiger partial charge on any atom is -0.546 e. The van der Waals surface area contributed by atoms with Crippen molar-refractivity contribution in [2.75, 3.05) is 11.9 Å². The van der Waals surface area contributed by atoms with Gasteiger partial charge in [0.15, 0.2) is 0 Å². The molecule has 16 heteroatoms. The van der Waals surface area contributed by atoms with Gasteiger partial charge < -0.3 is 39.8 Å². The van der Waals surface area contributed by atoms with Gasteiger partial charge in [-0.2, -0.15) is 4.31 Å². The maximum Gasteiger partial charge on any atom is 0.271 e. The van der Waals surface area contributed by atoms with Gasteiger partial charge in [-0.05, 0) is 59.1 Å². The molecule has 0 fully saturated rings. The summed E-state index contributed by atoms with van der Waals surface area (Å²) in [6.07, 6.45) is 0. The number of anilines is 1. The number of aromatic carboxylic acids is 1. The van der Waals surface area contributed by atoms with Crippen LogP contribution >= 0.6 is 11.5 Å². The molecular formula is C27H19N4O10S2-3. The lowest BCUT2D eigenvalue weighted by molar-refractivity contribution is -0.307. The van der Waals surface area contributed by atoms with Gasteiger partial charge in [0.05, 0.1) is 22.5 Å². The lowest BCUT2D eigenvalue weighted by Crippen LogP contribution is -2.37. The summed E-state index contributed by atoms with van der Waals surface area (Å²) in [6.45, 7) is -1.24. The molecule has 0 unspecified atom stereocenters. The SMILES string of the molecule is O=C([O-])COc1ccc(S(=O)(=O)N(Cc2ccc(-c3csnn3)cc2)Cc2ccc(NC(=O)C(=O)[O-])c(C(=O)[O-])c2)cc1. The standard InChI is InChI=1S/C27H22N4O10S2/c32-24(33)14-41-19-6-8-20(9-7-19)43(39,40)31(12-16-1-4-18(5-2-16)23-15-42-30-29-23)13-17-3-10-22(21(11-17)26(35)36)28-25(34)27(37)38/h1-11,15H,12-14H2,(H,28,34)(H,32,33)(H,35,36)(H,37,38)/p-3. The third-order valence-corrected chi connectivity index (χ3v) is 8.19. The molecule has 43 heavy (non-hydrogen) atoms. The average molecular weight is 624 g/mol. The van der Waals surface area contributed by atoms with Crippen molar-refractivity contribution in [2.24, 2.45) is 0 Å². The Labute approximate surface area is 248 Å². The molecule has 4 aromatic rings. The lowest BCUT2D eigenvalue weighted by atomic mass is 10.1. The minimum atomic E-state index is -4.26. The number of ether oxygens (including phenoxy) is 1. The number of aliphatic carboxylic acids is 2. The van der Waals surface area contributed by atoms with Gasteiger partial charge in [-0.3, -0.25) is 4.79 Å². The summed E-state index contributed by atoms with van der Waals surface area (Å²) in [4.78, 5) is 44.6. The maximum absolute atomic E-state index is 13.8. The van der Waals surface area contributed by atoms with E-state index in [1.54, 1.807) is 29.6 Å². The molecule has 1 heterocycles. The second-order valence-electron chi connectivity index (χ2n) is 8.80. The number of amides is 1. The Balaban J connectivity index is 1.67. The topological polar surface area (TPSA) is 222 Å². The fraction of sp³-hybridized carbons (Fsp3) is 0.111. The number of carbonyl (C=O) groups excluding carboxylic acids is 4. The molecule has 4 rings (SSSR count). The van der Waals surface area contributed by atoms with Crippen LogP contribution in [0.1, 0.15) is 21.5 Å². The highest BCUT2D eigenvalue weighted by Gasteiger charge is 2.26. The Kier molecular flexibility index (Phi) is 9.44. The van der Waals surface area contributed by atoms with E-state index in [1.165, 1.54) is 41.9 Å². The number of hydrogen-bond donors (Lipinski definition) is 1. The average Bonchev–Trinajstić information content (AvgIpc) is 3.52. The van der Waals surface area contributed by atoms with Crippen LogP contribution in [0, 0.1) is 0 Å². The maximum atomic E-state index is 13.8. The zero-order valence-corrected chi connectivity index (χ0v) is 23.4. The van der Waals surface area contributed by atoms with Crippen LogP contribution in [0.3, 0.4) is 0 Å². The molecule has 0 saturated heterocycles. The second-order valence-corrected chi connectivity index (χ2v) is 11.3. The molecule has 0 aliphatic rings. The first-order chi connectivity index (χ1) is 20.4. The highest BCUT2D eigenvalue weighted by Crippen LogP contribution is 2.26. The number of carbonyl (C=O) groups is 4. The second kappa shape index (κ2) is 13.2. The Morgan fingerprint density at radius 2 is 1.53 bits per heavy atom. The van der Waals surface area contributed by atoms with Crippen molar-refractivity contribution in [3.05, 3.63) is 88.8 Å². The number of carboxylic acids is 3. The van der Waals surface area contributed by atoms with Gasteiger partial charge in [0.2, 0.25) is 10.0 Å². The molecular weight excluding hydrogens is 604 g/mol. The molecule has 14 nitrogen and oxygen atoms in total. The van der Waals surface area contributed by atoms with Crippen LogP contribution in [0.15, 0.2) is 77.0 Å². The highest BCUT2D eigenvalue weighted by atomic mass is 32.2. The zero-order chi connectivity index (χ0) is 31.1. The number of hydrogen-bond acceptors (Lipinski definition) is 13. The van der Waals surface area contributed by atoms with Gasteiger partial charge in [0.25, 0.3) is 5.91 Å². The van der Waals surface area contributed by atoms with Crippen molar-refractivity contribution in [2.45, 2.75) is 18.0 Å². The van der Waals surface area contributed by atoms with Crippen molar-refractivity contribution in [1.82, 2.24) is 13.9 Å². The smallest absolute Gasteiger partial charge is 0.271 e. The third kappa shape index (κ3) is 7.76. The van der Waals surface area contributed by atoms with Crippen LogP contribution in [-0.4, -0.2) is 52.7 Å². The molecule has 1 amide bonds. The quantitative estimate of drug-likeness (QED) is 0.183. The van der Waals surface area contributed by atoms with Crippen molar-refractivity contribution in [1.29, 1.82) is 0 Å². The monoisotopic (exact) mass is 623 g/mol. The molecule has 3 aromatic carbocycles. The van der Waals surface area contributed by atoms with E-state index < -0.39 is 46.0 Å². The number of nitrogens with one attached hydrogen (secondary N) is 1. The number of aromatic nitrogens is 2. The molecule has 1 N–H and O–H groups in total. The van der Waals surface area contributed by atoms with Gasteiger partial charge in [0.1, 0.15) is 24.0 Å². The van der Waals surface area contributed by atoms with E-state index in [-0.39, 0.29) is 35.0 Å². The Bertz CT molecular complexity index is 1760. The summed E-state index contributed by atoms with van der Waals surface area (Å²) in [5.74, 6) is -6.78. The van der Waals surface area contributed by atoms with Crippen molar-refractivity contribution >= 4 is 51.1 Å². The normalized spacial score (nSPS) is 11.2. The van der Waals surface area contributed by atoms with Gasteiger partial charge >= 0.3 is 0 Å². The van der Waals surface area contributed by atoms with Crippen LogP contribution < -0.4 is 25.4 Å². The number of carboxylic acid groups (broad SMARTS) is 3. The van der Waals surface area contributed by atoms with E-state index in [2.05, 4.69) is 9.59 Å². The molecule has 0 aliphatic carbocycles. The predicted octanol–water partition coefficient (Wildman–Crippen LogP) is -1.22. The molecule has 0 aliphatic heterocycles. The third-order valence-electron chi connectivity index (χ3n) is 5.88. The Morgan fingerprint density at radius 3 is 2.12 bits per heavy atom. The Morgan fingerprint density at radius 1 is 0.884 bits per heavy atom. The molecule has 1 aromatic heterocycles.